The summed E-state index contributed by atoms with van der Waals surface area (Å²) in [6, 6.07) is 13.9. The van der Waals surface area contributed by atoms with Crippen LogP contribution in [0.5, 0.6) is 17.2 Å². The van der Waals surface area contributed by atoms with Crippen molar-refractivity contribution >= 4 is 76.5 Å². The second kappa shape index (κ2) is 22.2. The molecule has 1 aliphatic heterocycles. The molecule has 0 saturated heterocycles. The smallest absolute Gasteiger partial charge is 0.317 e. The minimum atomic E-state index is -4.35. The Balaban J connectivity index is 0.000000298. The third-order valence-electron chi connectivity index (χ3n) is 7.05. The lowest BCUT2D eigenvalue weighted by Gasteiger charge is -2.19. The van der Waals surface area contributed by atoms with Crippen LogP contribution in [0.4, 0.5) is 21.5 Å². The summed E-state index contributed by atoms with van der Waals surface area (Å²) in [6.07, 6.45) is 13.3. The number of carbonyl (C=O) groups excluding carboxylic acids is 2. The quantitative estimate of drug-likeness (QED) is 0.0354. The highest BCUT2D eigenvalue weighted by atomic mass is 35.5. The fourth-order valence-electron chi connectivity index (χ4n) is 4.68. The van der Waals surface area contributed by atoms with Crippen LogP contribution in [0, 0.1) is 28.3 Å². The molecular formula is C36H40Cl2FN4O11PS. The van der Waals surface area contributed by atoms with Gasteiger partial charge in [-0.25, -0.2) is 9.29 Å². The van der Waals surface area contributed by atoms with E-state index in [4.69, 9.17) is 54.8 Å². The average Bonchev–Trinajstić information content (AvgIpc) is 3.36. The van der Waals surface area contributed by atoms with Crippen LogP contribution in [0.25, 0.3) is 0 Å². The minimum Gasteiger partial charge on any atom is -0.778 e. The summed E-state index contributed by atoms with van der Waals surface area (Å²) in [5, 5.41) is 20.7. The van der Waals surface area contributed by atoms with Crippen LogP contribution in [0.3, 0.4) is 0 Å². The number of nitrogens with two attached hydrogens (primary N) is 1. The first-order valence-electron chi connectivity index (χ1n) is 16.3. The molecule has 2 amide bonds. The van der Waals surface area contributed by atoms with Gasteiger partial charge >= 0.3 is 5.97 Å². The molecule has 1 aliphatic carbocycles. The van der Waals surface area contributed by atoms with Crippen molar-refractivity contribution < 1.29 is 52.6 Å². The van der Waals surface area contributed by atoms with Crippen LogP contribution >= 0.6 is 30.8 Å². The molecule has 302 valence electrons. The molecule has 2 aliphatic rings. The van der Waals surface area contributed by atoms with Gasteiger partial charge in [-0.3, -0.25) is 29.8 Å². The van der Waals surface area contributed by atoms with E-state index in [0.717, 1.165) is 23.8 Å². The second-order valence-electron chi connectivity index (χ2n) is 12.1. The van der Waals surface area contributed by atoms with Crippen molar-refractivity contribution in [3.63, 3.8) is 0 Å². The first kappa shape index (κ1) is 47.5. The maximum absolute atomic E-state index is 14.4. The number of nitro benzene ring substituents is 1. The van der Waals surface area contributed by atoms with Gasteiger partial charge in [0.25, 0.3) is 17.5 Å². The Labute approximate surface area is 335 Å². The summed E-state index contributed by atoms with van der Waals surface area (Å²) >= 11 is 11.9. The van der Waals surface area contributed by atoms with Gasteiger partial charge in [0.2, 0.25) is 0 Å². The number of halogens is 3. The minimum absolute atomic E-state index is 0.0233. The van der Waals surface area contributed by atoms with E-state index in [1.54, 1.807) is 31.2 Å². The van der Waals surface area contributed by atoms with Crippen molar-refractivity contribution in [2.45, 2.75) is 38.7 Å². The zero-order valence-electron chi connectivity index (χ0n) is 30.6. The van der Waals surface area contributed by atoms with Gasteiger partial charge in [0.1, 0.15) is 41.4 Å². The van der Waals surface area contributed by atoms with Crippen LogP contribution in [-0.2, 0) is 29.8 Å². The lowest BCUT2D eigenvalue weighted by atomic mass is 9.93. The van der Waals surface area contributed by atoms with E-state index < -0.39 is 55.1 Å². The number of hydrogen-bond acceptors (Lipinski definition) is 11. The molecule has 3 aromatic rings. The first-order chi connectivity index (χ1) is 26.2. The number of benzene rings is 3. The maximum Gasteiger partial charge on any atom is 0.317 e. The number of terminal acetylenes is 1. The van der Waals surface area contributed by atoms with Gasteiger partial charge in [0.15, 0.2) is 6.10 Å². The number of anilines is 2. The Morgan fingerprint density at radius 3 is 2.14 bits per heavy atom. The Kier molecular flexibility index (Phi) is 18.8. The van der Waals surface area contributed by atoms with Crippen molar-refractivity contribution in [1.29, 1.82) is 0 Å². The van der Waals surface area contributed by atoms with Gasteiger partial charge in [-0.15, -0.1) is 6.42 Å². The summed E-state index contributed by atoms with van der Waals surface area (Å²) in [5.41, 5.74) is 6.06. The topological polar surface area (TPSA) is 235 Å². The molecule has 2 unspecified atom stereocenters. The zero-order chi connectivity index (χ0) is 42.3. The van der Waals surface area contributed by atoms with E-state index in [1.807, 2.05) is 11.4 Å². The molecule has 5 N–H and O–H groups in total. The summed E-state index contributed by atoms with van der Waals surface area (Å²) in [5.74, 6) is 0.494. The number of aliphatic carboxylic acids is 1. The molecule has 20 heteroatoms. The van der Waals surface area contributed by atoms with E-state index in [0.29, 0.717) is 40.6 Å². The number of carbonyl (C=O) groups is 3. The molecule has 0 saturated carbocycles. The van der Waals surface area contributed by atoms with Gasteiger partial charge in [0, 0.05) is 23.3 Å². The van der Waals surface area contributed by atoms with Gasteiger partial charge in [-0.1, -0.05) is 47.3 Å². The number of imide groups is 1. The molecule has 1 heterocycles. The van der Waals surface area contributed by atoms with Gasteiger partial charge in [-0.05, 0) is 67.8 Å². The molecular weight excluding hydrogens is 817 g/mol. The van der Waals surface area contributed by atoms with Crippen molar-refractivity contribution in [2.75, 3.05) is 42.2 Å². The van der Waals surface area contributed by atoms with E-state index in [2.05, 4.69) is 24.7 Å². The Bertz CT molecular complexity index is 2000. The molecule has 0 fully saturated rings. The number of amides is 2. The SMILES string of the molecule is C#CC(C)Oc1cc(N2C(=O)C3=C(CCCC3)C2=O)c(F)cc1Cl.C[S+](C)C.Nc1c([N+](=O)[O-])ccc(Oc2ccccc2)c1Cl.O=C(O)CNCP(=O)([O-])O. The molecule has 0 spiro atoms. The van der Waals surface area contributed by atoms with Crippen LogP contribution in [0.2, 0.25) is 10.0 Å². The summed E-state index contributed by atoms with van der Waals surface area (Å²) in [4.78, 5) is 63.8. The number of rotatable bonds is 10. The Hall–Kier alpha value is -4.66. The van der Waals surface area contributed by atoms with E-state index in [1.165, 1.54) is 18.2 Å². The van der Waals surface area contributed by atoms with Crippen molar-refractivity contribution in [1.82, 2.24) is 5.32 Å². The summed E-state index contributed by atoms with van der Waals surface area (Å²) in [6.45, 7) is 1.15. The standard InChI is InChI=1S/C18H15ClFNO3.C12H9ClN2O3.C3H8NO5P.C3H9S/c1-3-10(2)24-16-9-15(14(20)8-13(16)19)21-17(22)11-6-4-5-7-12(11)18(21)23;13-11-10(18-8-4-2-1-3-5-8)7-6-9(12(11)14)15(16)17;5-3(6)1-4-2-10(7,8)9;1-4(2)3/h1,8-10H,4-7H2,2H3;1-7H,14H2;4H,1-2H2,(H,5,6)(H2,7,8,9);1-3H3/q;;;+1/p-1. The molecule has 3 aromatic carbocycles. The number of ether oxygens (including phenoxy) is 2. The molecule has 56 heavy (non-hydrogen) atoms. The third-order valence-corrected chi connectivity index (χ3v) is 8.36. The van der Waals surface area contributed by atoms with Crippen LogP contribution in [0.1, 0.15) is 32.6 Å². The van der Waals surface area contributed by atoms with E-state index >= 15 is 0 Å². The van der Waals surface area contributed by atoms with Gasteiger partial charge in [-0.2, -0.15) is 0 Å². The van der Waals surface area contributed by atoms with Crippen molar-refractivity contribution in [3.05, 3.63) is 91.7 Å². The number of nitrogens with zero attached hydrogens (tertiary/aromatic N) is 2. The first-order valence-corrected chi connectivity index (χ1v) is 21.3. The third kappa shape index (κ3) is 14.8. The number of carboxylic acid groups (broad SMARTS) is 1. The highest BCUT2D eigenvalue weighted by Crippen LogP contribution is 2.40. The van der Waals surface area contributed by atoms with Gasteiger partial charge < -0.3 is 34.7 Å². The number of carboxylic acids is 1. The number of para-hydroxylation sites is 1. The summed E-state index contributed by atoms with van der Waals surface area (Å²) in [7, 11) is -3.71. The molecule has 0 bridgehead atoms. The van der Waals surface area contributed by atoms with Crippen LogP contribution < -0.4 is 30.3 Å². The maximum atomic E-state index is 14.4. The fraction of sp³-hybridized carbons (Fsp3) is 0.306. The molecule has 2 atom stereocenters. The lowest BCUT2D eigenvalue weighted by molar-refractivity contribution is -0.383. The largest absolute Gasteiger partial charge is 0.778 e. The average molecular weight is 858 g/mol. The molecule has 0 radical (unpaired) electrons. The van der Waals surface area contributed by atoms with Crippen molar-refractivity contribution in [2.24, 2.45) is 0 Å². The number of nitrogen functional groups attached to an aromatic ring is 1. The zero-order valence-corrected chi connectivity index (χ0v) is 33.8. The monoisotopic (exact) mass is 856 g/mol. The van der Waals surface area contributed by atoms with Crippen LogP contribution in [-0.4, -0.2) is 70.4 Å². The van der Waals surface area contributed by atoms with Crippen LogP contribution in [0.15, 0.2) is 65.7 Å². The highest BCUT2D eigenvalue weighted by Gasteiger charge is 2.41. The predicted molar refractivity (Wildman–Crippen MR) is 213 cm³/mol. The van der Waals surface area contributed by atoms with E-state index in [9.17, 15) is 38.3 Å². The molecule has 15 nitrogen and oxygen atoms in total. The number of nitro groups is 1. The predicted octanol–water partition coefficient (Wildman–Crippen LogP) is 5.90. The van der Waals surface area contributed by atoms with Gasteiger partial charge in [0.05, 0.1) is 47.2 Å². The van der Waals surface area contributed by atoms with Crippen molar-refractivity contribution in [3.8, 4) is 29.6 Å². The van der Waals surface area contributed by atoms with E-state index in [-0.39, 0.29) is 38.6 Å². The molecule has 0 aromatic heterocycles. The second-order valence-corrected chi connectivity index (χ2v) is 16.9. The normalized spacial score (nSPS) is 14.7. The lowest BCUT2D eigenvalue weighted by Crippen LogP contribution is -2.32. The Morgan fingerprint density at radius 2 is 1.66 bits per heavy atom. The molecule has 5 rings (SSSR count). The highest BCUT2D eigenvalue weighted by molar-refractivity contribution is 7.94. The Morgan fingerprint density at radius 1 is 1.11 bits per heavy atom. The summed E-state index contributed by atoms with van der Waals surface area (Å²) < 4.78 is 35.3. The fourth-order valence-corrected chi connectivity index (χ4v) is 5.47. The number of hydrogen-bond donors (Lipinski definition) is 4. The number of nitrogens with one attached hydrogen (secondary N) is 1.